The molecule has 2 N–H and O–H groups in total. The van der Waals surface area contributed by atoms with Gasteiger partial charge in [-0.15, -0.1) is 11.3 Å². The number of hydrogen-bond acceptors (Lipinski definition) is 6. The van der Waals surface area contributed by atoms with Crippen LogP contribution in [0.4, 0.5) is 0 Å². The van der Waals surface area contributed by atoms with E-state index in [1.54, 1.807) is 35.2 Å². The maximum atomic E-state index is 12.2. The molecule has 0 radical (unpaired) electrons. The molecule has 3 aromatic rings. The zero-order valence-corrected chi connectivity index (χ0v) is 18.6. The van der Waals surface area contributed by atoms with Crippen molar-refractivity contribution in [2.24, 2.45) is 0 Å². The predicted molar refractivity (Wildman–Crippen MR) is 120 cm³/mol. The highest BCUT2D eigenvalue weighted by molar-refractivity contribution is 7.98. The van der Waals surface area contributed by atoms with Crippen LogP contribution in [0.3, 0.4) is 0 Å². The standard InChI is InChI=1S/C22H24N4O2S2/c1-15-13-16(2)24-22(23-15)30-14-17-8-10-18(11-9-17)21(28)26-25-20(27)7-3-5-19-6-4-12-29-19/h4,6,8-13H,3,5,7,14H2,1-2H3,(H,25,27)(H,26,28). The highest BCUT2D eigenvalue weighted by Crippen LogP contribution is 2.20. The Morgan fingerprint density at radius 2 is 1.77 bits per heavy atom. The minimum Gasteiger partial charge on any atom is -0.273 e. The number of hydrogen-bond donors (Lipinski definition) is 2. The molecule has 0 aliphatic heterocycles. The molecule has 0 fully saturated rings. The van der Waals surface area contributed by atoms with Crippen LogP contribution in [0.1, 0.15) is 45.0 Å². The van der Waals surface area contributed by atoms with Crippen molar-refractivity contribution >= 4 is 34.9 Å². The lowest BCUT2D eigenvalue weighted by molar-refractivity contribution is -0.121. The van der Waals surface area contributed by atoms with Gasteiger partial charge in [-0.05, 0) is 61.9 Å². The van der Waals surface area contributed by atoms with Crippen LogP contribution in [0, 0.1) is 13.8 Å². The fourth-order valence-electron chi connectivity index (χ4n) is 2.80. The Labute approximate surface area is 184 Å². The first-order valence-electron chi connectivity index (χ1n) is 9.65. The molecule has 2 amide bonds. The molecule has 0 unspecified atom stereocenters. The second kappa shape index (κ2) is 10.9. The minimum atomic E-state index is -0.335. The summed E-state index contributed by atoms with van der Waals surface area (Å²) in [6, 6.07) is 13.3. The summed E-state index contributed by atoms with van der Waals surface area (Å²) in [4.78, 5) is 34.2. The van der Waals surface area contributed by atoms with Gasteiger partial charge in [0.05, 0.1) is 0 Å². The Hall–Kier alpha value is -2.71. The van der Waals surface area contributed by atoms with Crippen LogP contribution in [0.5, 0.6) is 0 Å². The van der Waals surface area contributed by atoms with E-state index in [1.807, 2.05) is 43.5 Å². The maximum Gasteiger partial charge on any atom is 0.269 e. The summed E-state index contributed by atoms with van der Waals surface area (Å²) in [6.07, 6.45) is 1.99. The lowest BCUT2D eigenvalue weighted by atomic mass is 10.1. The van der Waals surface area contributed by atoms with Crippen LogP contribution in [0.25, 0.3) is 0 Å². The summed E-state index contributed by atoms with van der Waals surface area (Å²) in [5.41, 5.74) is 8.41. The maximum absolute atomic E-state index is 12.2. The van der Waals surface area contributed by atoms with Crippen molar-refractivity contribution < 1.29 is 9.59 Å². The average molecular weight is 441 g/mol. The Morgan fingerprint density at radius 1 is 1.03 bits per heavy atom. The molecule has 0 atom stereocenters. The Kier molecular flexibility index (Phi) is 7.98. The first kappa shape index (κ1) is 22.0. The third-order valence-electron chi connectivity index (χ3n) is 4.27. The summed E-state index contributed by atoms with van der Waals surface area (Å²) in [6.45, 7) is 3.91. The van der Waals surface area contributed by atoms with Crippen LogP contribution in [0.2, 0.25) is 0 Å². The number of thioether (sulfide) groups is 1. The molecular weight excluding hydrogens is 416 g/mol. The van der Waals surface area contributed by atoms with Crippen LogP contribution in [0.15, 0.2) is 53.0 Å². The van der Waals surface area contributed by atoms with Gasteiger partial charge in [0.25, 0.3) is 5.91 Å². The van der Waals surface area contributed by atoms with Crippen molar-refractivity contribution in [3.8, 4) is 0 Å². The Balaban J connectivity index is 1.41. The van der Waals surface area contributed by atoms with Gasteiger partial charge in [-0.2, -0.15) is 0 Å². The van der Waals surface area contributed by atoms with Crippen molar-refractivity contribution in [2.75, 3.05) is 0 Å². The third kappa shape index (κ3) is 6.96. The second-order valence-corrected chi connectivity index (χ2v) is 8.83. The molecule has 0 saturated heterocycles. The van der Waals surface area contributed by atoms with Gasteiger partial charge in [0.2, 0.25) is 5.91 Å². The van der Waals surface area contributed by atoms with Gasteiger partial charge >= 0.3 is 0 Å². The molecule has 3 rings (SSSR count). The van der Waals surface area contributed by atoms with Crippen molar-refractivity contribution in [2.45, 2.75) is 44.0 Å². The van der Waals surface area contributed by atoms with E-state index in [9.17, 15) is 9.59 Å². The van der Waals surface area contributed by atoms with Crippen molar-refractivity contribution in [3.63, 3.8) is 0 Å². The fourth-order valence-corrected chi connectivity index (χ4v) is 4.45. The molecule has 30 heavy (non-hydrogen) atoms. The molecule has 0 bridgehead atoms. The number of aromatic nitrogens is 2. The summed E-state index contributed by atoms with van der Waals surface area (Å²) in [5.74, 6) is 0.186. The van der Waals surface area contributed by atoms with Gasteiger partial charge < -0.3 is 0 Å². The van der Waals surface area contributed by atoms with Crippen LogP contribution >= 0.6 is 23.1 Å². The van der Waals surface area contributed by atoms with Crippen LogP contribution in [-0.4, -0.2) is 21.8 Å². The normalized spacial score (nSPS) is 10.6. The number of aryl methyl sites for hydroxylation is 3. The molecule has 8 heteroatoms. The first-order chi connectivity index (χ1) is 14.5. The molecule has 0 spiro atoms. The molecule has 0 saturated carbocycles. The van der Waals surface area contributed by atoms with Gasteiger partial charge in [0.1, 0.15) is 0 Å². The lowest BCUT2D eigenvalue weighted by Crippen LogP contribution is -2.41. The van der Waals surface area contributed by atoms with Gasteiger partial charge in [-0.25, -0.2) is 9.97 Å². The number of rotatable bonds is 8. The van der Waals surface area contributed by atoms with Crippen molar-refractivity contribution in [3.05, 3.63) is 75.2 Å². The summed E-state index contributed by atoms with van der Waals surface area (Å²) in [7, 11) is 0. The number of thiophene rings is 1. The van der Waals surface area contributed by atoms with E-state index in [4.69, 9.17) is 0 Å². The van der Waals surface area contributed by atoms with E-state index in [0.717, 1.165) is 34.9 Å². The van der Waals surface area contributed by atoms with E-state index in [0.29, 0.717) is 17.7 Å². The van der Waals surface area contributed by atoms with Gasteiger partial charge in [-0.3, -0.25) is 20.4 Å². The van der Waals surface area contributed by atoms with E-state index < -0.39 is 0 Å². The number of nitrogens with zero attached hydrogens (tertiary/aromatic N) is 2. The number of carbonyl (C=O) groups excluding carboxylic acids is 2. The molecular formula is C22H24N4O2S2. The van der Waals surface area contributed by atoms with Crippen molar-refractivity contribution in [1.29, 1.82) is 0 Å². The van der Waals surface area contributed by atoms with E-state index >= 15 is 0 Å². The Bertz CT molecular complexity index is 969. The molecule has 6 nitrogen and oxygen atoms in total. The lowest BCUT2D eigenvalue weighted by Gasteiger charge is -2.08. The topological polar surface area (TPSA) is 84.0 Å². The zero-order valence-electron chi connectivity index (χ0n) is 17.0. The molecule has 0 aliphatic carbocycles. The summed E-state index contributed by atoms with van der Waals surface area (Å²) >= 11 is 3.24. The average Bonchev–Trinajstić information content (AvgIpc) is 3.24. The van der Waals surface area contributed by atoms with Crippen LogP contribution in [-0.2, 0) is 17.0 Å². The van der Waals surface area contributed by atoms with E-state index in [2.05, 4.69) is 26.9 Å². The third-order valence-corrected chi connectivity index (χ3v) is 6.12. The fraction of sp³-hybridized carbons (Fsp3) is 0.273. The number of amides is 2. The molecule has 2 heterocycles. The second-order valence-electron chi connectivity index (χ2n) is 6.85. The largest absolute Gasteiger partial charge is 0.273 e. The van der Waals surface area contributed by atoms with Gasteiger partial charge in [0.15, 0.2) is 5.16 Å². The molecule has 156 valence electrons. The highest BCUT2D eigenvalue weighted by atomic mass is 32.2. The zero-order chi connectivity index (χ0) is 21.3. The Morgan fingerprint density at radius 3 is 2.43 bits per heavy atom. The minimum absolute atomic E-state index is 0.193. The van der Waals surface area contributed by atoms with Crippen LogP contribution < -0.4 is 10.9 Å². The summed E-state index contributed by atoms with van der Waals surface area (Å²) < 4.78 is 0. The number of carbonyl (C=O) groups is 2. The van der Waals surface area contributed by atoms with E-state index in [-0.39, 0.29) is 11.8 Å². The van der Waals surface area contributed by atoms with E-state index in [1.165, 1.54) is 4.88 Å². The van der Waals surface area contributed by atoms with Crippen molar-refractivity contribution in [1.82, 2.24) is 20.8 Å². The van der Waals surface area contributed by atoms with Gasteiger partial charge in [0, 0.05) is 34.0 Å². The first-order valence-corrected chi connectivity index (χ1v) is 11.5. The SMILES string of the molecule is Cc1cc(C)nc(SCc2ccc(C(=O)NNC(=O)CCCc3cccs3)cc2)n1. The summed E-state index contributed by atoms with van der Waals surface area (Å²) in [5, 5.41) is 2.77. The molecule has 0 aliphatic rings. The smallest absolute Gasteiger partial charge is 0.269 e. The number of hydrazine groups is 1. The van der Waals surface area contributed by atoms with Gasteiger partial charge in [-0.1, -0.05) is 30.0 Å². The predicted octanol–water partition coefficient (Wildman–Crippen LogP) is 4.23. The molecule has 2 aromatic heterocycles. The highest BCUT2D eigenvalue weighted by Gasteiger charge is 2.08. The quantitative estimate of drug-likeness (QED) is 0.311. The number of benzene rings is 1. The molecule has 1 aromatic carbocycles. The monoisotopic (exact) mass is 440 g/mol. The number of nitrogens with one attached hydrogen (secondary N) is 2.